The molecule has 5 nitrogen and oxygen atoms in total. The molecule has 2 unspecified atom stereocenters. The summed E-state index contributed by atoms with van der Waals surface area (Å²) < 4.78 is 0. The Morgan fingerprint density at radius 1 is 1.16 bits per heavy atom. The first-order valence-electron chi connectivity index (χ1n) is 7.45. The molecule has 3 N–H and O–H groups in total. The number of likely N-dealkylation sites (tertiary alicyclic amines) is 1. The van der Waals surface area contributed by atoms with Crippen molar-refractivity contribution in [3.05, 3.63) is 0 Å². The van der Waals surface area contributed by atoms with Crippen LogP contribution in [0.15, 0.2) is 5.16 Å². The highest BCUT2D eigenvalue weighted by Crippen LogP contribution is 2.44. The van der Waals surface area contributed by atoms with Crippen molar-refractivity contribution < 1.29 is 10.0 Å². The van der Waals surface area contributed by atoms with Crippen molar-refractivity contribution in [1.82, 2.24) is 4.90 Å². The molecule has 5 heteroatoms. The molecule has 0 aromatic carbocycles. The number of nitrogens with zero attached hydrogens (tertiary/aromatic N) is 2. The Morgan fingerprint density at radius 3 is 2.26 bits per heavy atom. The van der Waals surface area contributed by atoms with Gasteiger partial charge in [-0.15, -0.1) is 0 Å². The predicted octanol–water partition coefficient (Wildman–Crippen LogP) is 1.55. The van der Waals surface area contributed by atoms with Crippen LogP contribution in [0, 0.1) is 17.3 Å². The summed E-state index contributed by atoms with van der Waals surface area (Å²) in [5.41, 5.74) is 5.14. The van der Waals surface area contributed by atoms with E-state index in [4.69, 9.17) is 10.9 Å². The van der Waals surface area contributed by atoms with E-state index in [0.29, 0.717) is 11.8 Å². The first kappa shape index (κ1) is 12.8. The number of rotatable bonds is 2. The molecule has 2 aliphatic carbocycles. The first-order valence-corrected chi connectivity index (χ1v) is 7.45. The van der Waals surface area contributed by atoms with E-state index in [0.717, 1.165) is 38.8 Å². The molecule has 1 heterocycles. The van der Waals surface area contributed by atoms with E-state index in [-0.39, 0.29) is 11.7 Å². The largest absolute Gasteiger partial charge is 0.409 e. The minimum absolute atomic E-state index is 0.106. The van der Waals surface area contributed by atoms with Crippen LogP contribution in [0.1, 0.15) is 44.9 Å². The van der Waals surface area contributed by atoms with Crippen LogP contribution >= 0.6 is 0 Å². The van der Waals surface area contributed by atoms with E-state index in [2.05, 4.69) is 5.16 Å². The van der Waals surface area contributed by atoms with Gasteiger partial charge in [-0.25, -0.2) is 0 Å². The van der Waals surface area contributed by atoms with E-state index >= 15 is 0 Å². The summed E-state index contributed by atoms with van der Waals surface area (Å²) in [6.07, 6.45) is 7.26. The van der Waals surface area contributed by atoms with Crippen LogP contribution in [0.5, 0.6) is 0 Å². The van der Waals surface area contributed by atoms with E-state index in [1.54, 1.807) is 0 Å². The Balaban J connectivity index is 1.78. The van der Waals surface area contributed by atoms with Crippen molar-refractivity contribution in [3.8, 4) is 0 Å². The fourth-order valence-electron chi connectivity index (χ4n) is 4.36. The van der Waals surface area contributed by atoms with Gasteiger partial charge in [-0.2, -0.15) is 0 Å². The smallest absolute Gasteiger partial charge is 0.236 e. The fraction of sp³-hybridized carbons (Fsp3) is 0.857. The molecule has 2 atom stereocenters. The molecule has 19 heavy (non-hydrogen) atoms. The van der Waals surface area contributed by atoms with Crippen molar-refractivity contribution in [1.29, 1.82) is 0 Å². The Kier molecular flexibility index (Phi) is 3.15. The highest BCUT2D eigenvalue weighted by Gasteiger charge is 2.50. The number of hydrogen-bond acceptors (Lipinski definition) is 3. The number of oxime groups is 1. The Morgan fingerprint density at radius 2 is 1.74 bits per heavy atom. The lowest BCUT2D eigenvalue weighted by Gasteiger charge is -2.31. The van der Waals surface area contributed by atoms with Gasteiger partial charge in [0.05, 0.1) is 0 Å². The molecular formula is C14H23N3O2. The lowest BCUT2D eigenvalue weighted by Crippen LogP contribution is -2.49. The zero-order valence-electron chi connectivity index (χ0n) is 11.3. The number of fused-ring (bicyclic) bond motifs is 1. The Labute approximate surface area is 113 Å². The van der Waals surface area contributed by atoms with Gasteiger partial charge in [0.2, 0.25) is 5.91 Å². The van der Waals surface area contributed by atoms with E-state index in [1.807, 2.05) is 4.90 Å². The molecule has 0 spiro atoms. The number of amides is 1. The quantitative estimate of drug-likeness (QED) is 0.344. The molecule has 106 valence electrons. The second-order valence-electron chi connectivity index (χ2n) is 6.44. The third-order valence-electron chi connectivity index (χ3n) is 5.48. The lowest BCUT2D eigenvalue weighted by atomic mass is 9.83. The normalized spacial score (nSPS) is 33.7. The van der Waals surface area contributed by atoms with E-state index in [1.165, 1.54) is 19.3 Å². The Bertz CT molecular complexity index is 389. The second kappa shape index (κ2) is 4.69. The number of carbonyl (C=O) groups excluding carboxylic acids is 1. The van der Waals surface area contributed by atoms with Crippen LogP contribution in [-0.4, -0.2) is 34.9 Å². The van der Waals surface area contributed by atoms with Crippen LogP contribution in [-0.2, 0) is 4.79 Å². The van der Waals surface area contributed by atoms with Gasteiger partial charge in [0, 0.05) is 13.1 Å². The lowest BCUT2D eigenvalue weighted by molar-refractivity contribution is -0.137. The predicted molar refractivity (Wildman–Crippen MR) is 71.7 cm³/mol. The van der Waals surface area contributed by atoms with Gasteiger partial charge in [0.15, 0.2) is 5.84 Å². The highest BCUT2D eigenvalue weighted by atomic mass is 16.4. The molecule has 3 fully saturated rings. The maximum atomic E-state index is 12.9. The van der Waals surface area contributed by atoms with Crippen molar-refractivity contribution in [2.75, 3.05) is 13.1 Å². The van der Waals surface area contributed by atoms with Crippen molar-refractivity contribution in [2.24, 2.45) is 28.1 Å². The molecule has 1 aliphatic heterocycles. The molecule has 2 saturated carbocycles. The van der Waals surface area contributed by atoms with Crippen LogP contribution in [0.4, 0.5) is 0 Å². The summed E-state index contributed by atoms with van der Waals surface area (Å²) in [6.45, 7) is 1.76. The minimum Gasteiger partial charge on any atom is -0.409 e. The summed E-state index contributed by atoms with van der Waals surface area (Å²) in [4.78, 5) is 14.8. The van der Waals surface area contributed by atoms with Gasteiger partial charge < -0.3 is 15.8 Å². The van der Waals surface area contributed by atoms with Gasteiger partial charge >= 0.3 is 0 Å². The minimum atomic E-state index is -0.715. The maximum Gasteiger partial charge on any atom is 0.236 e. The monoisotopic (exact) mass is 265 g/mol. The molecule has 0 radical (unpaired) electrons. The second-order valence-corrected chi connectivity index (χ2v) is 6.44. The van der Waals surface area contributed by atoms with Crippen molar-refractivity contribution in [3.63, 3.8) is 0 Å². The molecule has 3 rings (SSSR count). The number of amidine groups is 1. The Hall–Kier alpha value is -1.26. The number of nitrogens with two attached hydrogens (primary N) is 1. The molecule has 3 aliphatic rings. The fourth-order valence-corrected chi connectivity index (χ4v) is 4.36. The standard InChI is InChI=1S/C14H23N3O2/c15-12(16-19)14(6-1-2-7-14)13(18)17-8-10-4-3-5-11(10)9-17/h10-11,19H,1-9H2,(H2,15,16). The van der Waals surface area contributed by atoms with Crippen LogP contribution in [0.3, 0.4) is 0 Å². The van der Waals surface area contributed by atoms with Crippen LogP contribution < -0.4 is 5.73 Å². The van der Waals surface area contributed by atoms with Crippen LogP contribution in [0.2, 0.25) is 0 Å². The maximum absolute atomic E-state index is 12.9. The highest BCUT2D eigenvalue weighted by molar-refractivity contribution is 6.07. The van der Waals surface area contributed by atoms with Gasteiger partial charge in [-0.3, -0.25) is 4.79 Å². The van der Waals surface area contributed by atoms with Crippen molar-refractivity contribution >= 4 is 11.7 Å². The average molecular weight is 265 g/mol. The third-order valence-corrected chi connectivity index (χ3v) is 5.48. The zero-order valence-corrected chi connectivity index (χ0v) is 11.3. The molecule has 1 saturated heterocycles. The zero-order chi connectivity index (χ0) is 13.5. The van der Waals surface area contributed by atoms with Gasteiger partial charge in [-0.1, -0.05) is 24.4 Å². The third kappa shape index (κ3) is 1.90. The summed E-state index contributed by atoms with van der Waals surface area (Å²) in [5, 5.41) is 12.2. The van der Waals surface area contributed by atoms with Crippen LogP contribution in [0.25, 0.3) is 0 Å². The van der Waals surface area contributed by atoms with Crippen molar-refractivity contribution in [2.45, 2.75) is 44.9 Å². The molecular weight excluding hydrogens is 242 g/mol. The number of carbonyl (C=O) groups is 1. The van der Waals surface area contributed by atoms with Gasteiger partial charge in [0.25, 0.3) is 0 Å². The molecule has 0 aromatic rings. The summed E-state index contributed by atoms with van der Waals surface area (Å²) in [5.74, 6) is 1.60. The molecule has 0 bridgehead atoms. The van der Waals surface area contributed by atoms with E-state index < -0.39 is 5.41 Å². The summed E-state index contributed by atoms with van der Waals surface area (Å²) >= 11 is 0. The topological polar surface area (TPSA) is 78.9 Å². The van der Waals surface area contributed by atoms with Gasteiger partial charge in [-0.05, 0) is 37.5 Å². The summed E-state index contributed by atoms with van der Waals surface area (Å²) in [6, 6.07) is 0. The SMILES string of the molecule is NC(=NO)C1(C(=O)N2CC3CCCC3C2)CCCC1. The summed E-state index contributed by atoms with van der Waals surface area (Å²) in [7, 11) is 0. The average Bonchev–Trinajstić information content (AvgIpc) is 3.11. The van der Waals surface area contributed by atoms with E-state index in [9.17, 15) is 4.79 Å². The molecule has 0 aromatic heterocycles. The van der Waals surface area contributed by atoms with Gasteiger partial charge in [0.1, 0.15) is 5.41 Å². The first-order chi connectivity index (χ1) is 9.17. The number of hydrogen-bond donors (Lipinski definition) is 2. The molecule has 1 amide bonds.